The van der Waals surface area contributed by atoms with E-state index in [1.807, 2.05) is 23.6 Å². The summed E-state index contributed by atoms with van der Waals surface area (Å²) in [5.74, 6) is 0.744. The molecule has 4 aromatic rings. The number of aromatic nitrogens is 4. The second-order valence-electron chi connectivity index (χ2n) is 8.72. The Morgan fingerprint density at radius 1 is 1.19 bits per heavy atom. The molecule has 37 heavy (non-hydrogen) atoms. The Labute approximate surface area is 227 Å². The van der Waals surface area contributed by atoms with Gasteiger partial charge in [0.25, 0.3) is 5.91 Å². The van der Waals surface area contributed by atoms with Crippen molar-refractivity contribution in [2.45, 2.75) is 37.6 Å². The minimum Gasteiger partial charge on any atom is -0.466 e. The second kappa shape index (κ2) is 11.6. The SMILES string of the molecule is CCOC(=O)C1CCCN(C(=O)c2csc(CSc3nnc(-c4cccs4)n3-c3cccc(C)c3)n2)C1. The first-order valence-electron chi connectivity index (χ1n) is 12.1. The van der Waals surface area contributed by atoms with Crippen molar-refractivity contribution in [1.29, 1.82) is 0 Å². The number of thiazole rings is 1. The summed E-state index contributed by atoms with van der Waals surface area (Å²) in [6.07, 6.45) is 1.53. The number of piperidine rings is 1. The fourth-order valence-electron chi connectivity index (χ4n) is 4.31. The molecule has 1 fully saturated rings. The third-order valence-electron chi connectivity index (χ3n) is 6.06. The number of rotatable bonds is 8. The predicted molar refractivity (Wildman–Crippen MR) is 146 cm³/mol. The molecule has 4 heterocycles. The van der Waals surface area contributed by atoms with Crippen molar-refractivity contribution in [2.75, 3.05) is 19.7 Å². The van der Waals surface area contributed by atoms with Gasteiger partial charge in [-0.15, -0.1) is 32.9 Å². The summed E-state index contributed by atoms with van der Waals surface area (Å²) in [4.78, 5) is 32.7. The van der Waals surface area contributed by atoms with Gasteiger partial charge in [-0.3, -0.25) is 14.2 Å². The predicted octanol–water partition coefficient (Wildman–Crippen LogP) is 5.47. The lowest BCUT2D eigenvalue weighted by molar-refractivity contribution is -0.149. The molecule has 1 unspecified atom stereocenters. The van der Waals surface area contributed by atoms with Crippen molar-refractivity contribution in [3.8, 4) is 16.4 Å². The lowest BCUT2D eigenvalue weighted by Crippen LogP contribution is -2.43. The van der Waals surface area contributed by atoms with Crippen LogP contribution in [0.1, 0.15) is 40.8 Å². The average Bonchev–Trinajstić information content (AvgIpc) is 3.68. The summed E-state index contributed by atoms with van der Waals surface area (Å²) in [6.45, 7) is 5.22. The van der Waals surface area contributed by atoms with Crippen LogP contribution >= 0.6 is 34.4 Å². The maximum atomic E-state index is 13.1. The Hall–Kier alpha value is -3.02. The van der Waals surface area contributed by atoms with Crippen LogP contribution in [0.25, 0.3) is 16.4 Å². The zero-order valence-corrected chi connectivity index (χ0v) is 23.1. The quantitative estimate of drug-likeness (QED) is 0.211. The van der Waals surface area contributed by atoms with Gasteiger partial charge < -0.3 is 9.64 Å². The second-order valence-corrected chi connectivity index (χ2v) is 11.5. The lowest BCUT2D eigenvalue weighted by atomic mass is 9.98. The van der Waals surface area contributed by atoms with Crippen molar-refractivity contribution < 1.29 is 14.3 Å². The largest absolute Gasteiger partial charge is 0.466 e. The first-order valence-corrected chi connectivity index (χ1v) is 14.9. The molecule has 11 heteroatoms. The van der Waals surface area contributed by atoms with E-state index in [1.54, 1.807) is 40.3 Å². The van der Waals surface area contributed by atoms with Crippen LogP contribution in [0.5, 0.6) is 0 Å². The van der Waals surface area contributed by atoms with Crippen molar-refractivity contribution in [1.82, 2.24) is 24.6 Å². The van der Waals surface area contributed by atoms with E-state index in [0.29, 0.717) is 31.1 Å². The third-order valence-corrected chi connectivity index (χ3v) is 8.90. The lowest BCUT2D eigenvalue weighted by Gasteiger charge is -2.31. The number of carbonyl (C=O) groups excluding carboxylic acids is 2. The fourth-order valence-corrected chi connectivity index (χ4v) is 6.74. The molecule has 0 N–H and O–H groups in total. The molecular formula is C26H27N5O3S3. The van der Waals surface area contributed by atoms with Crippen LogP contribution in [-0.4, -0.2) is 56.2 Å². The first kappa shape index (κ1) is 25.6. The molecule has 8 nitrogen and oxygen atoms in total. The van der Waals surface area contributed by atoms with E-state index < -0.39 is 0 Å². The average molecular weight is 554 g/mol. The maximum Gasteiger partial charge on any atom is 0.310 e. The van der Waals surface area contributed by atoms with Gasteiger partial charge in [-0.2, -0.15) is 0 Å². The molecule has 0 aliphatic carbocycles. The summed E-state index contributed by atoms with van der Waals surface area (Å²) in [5, 5.41) is 14.4. The van der Waals surface area contributed by atoms with Gasteiger partial charge in [0.15, 0.2) is 11.0 Å². The van der Waals surface area contributed by atoms with Crippen molar-refractivity contribution >= 4 is 46.3 Å². The van der Waals surface area contributed by atoms with Crippen molar-refractivity contribution in [2.24, 2.45) is 5.92 Å². The minimum absolute atomic E-state index is 0.135. The summed E-state index contributed by atoms with van der Waals surface area (Å²) in [6, 6.07) is 12.3. The molecule has 0 bridgehead atoms. The number of aryl methyl sites for hydroxylation is 1. The highest BCUT2D eigenvalue weighted by Crippen LogP contribution is 2.32. The highest BCUT2D eigenvalue weighted by molar-refractivity contribution is 7.98. The number of amides is 1. The standard InChI is InChI=1S/C26H27N5O3S3/c1-3-34-25(33)18-8-5-11-30(14-18)24(32)20-15-36-22(27-20)16-37-26-29-28-23(21-10-6-12-35-21)31(26)19-9-4-7-17(2)13-19/h4,6-7,9-10,12-13,15,18H,3,5,8,11,14,16H2,1-2H3. The maximum absolute atomic E-state index is 13.1. The van der Waals surface area contributed by atoms with E-state index in [4.69, 9.17) is 4.74 Å². The Morgan fingerprint density at radius 3 is 2.86 bits per heavy atom. The number of hydrogen-bond donors (Lipinski definition) is 0. The summed E-state index contributed by atoms with van der Waals surface area (Å²) >= 11 is 4.63. The molecule has 1 amide bonds. The molecule has 1 aromatic carbocycles. The number of hydrogen-bond acceptors (Lipinski definition) is 9. The van der Waals surface area contributed by atoms with Crippen LogP contribution in [0.4, 0.5) is 0 Å². The zero-order valence-electron chi connectivity index (χ0n) is 20.6. The van der Waals surface area contributed by atoms with E-state index in [-0.39, 0.29) is 17.8 Å². The molecule has 0 spiro atoms. The van der Waals surface area contributed by atoms with Crippen LogP contribution in [0.15, 0.2) is 52.3 Å². The minimum atomic E-state index is -0.267. The van der Waals surface area contributed by atoms with E-state index in [9.17, 15) is 9.59 Å². The van der Waals surface area contributed by atoms with Crippen LogP contribution in [0.3, 0.4) is 0 Å². The van der Waals surface area contributed by atoms with Crippen LogP contribution in [-0.2, 0) is 15.3 Å². The van der Waals surface area contributed by atoms with Gasteiger partial charge in [-0.1, -0.05) is 30.0 Å². The number of likely N-dealkylation sites (tertiary alicyclic amines) is 1. The van der Waals surface area contributed by atoms with Crippen molar-refractivity contribution in [3.05, 3.63) is 63.4 Å². The summed E-state index contributed by atoms with van der Waals surface area (Å²) in [5.41, 5.74) is 2.59. The fraction of sp³-hybridized carbons (Fsp3) is 0.346. The molecule has 0 radical (unpaired) electrons. The molecule has 1 atom stereocenters. The van der Waals surface area contributed by atoms with Gasteiger partial charge in [0, 0.05) is 18.5 Å². The van der Waals surface area contributed by atoms with E-state index >= 15 is 0 Å². The number of carbonyl (C=O) groups is 2. The first-order chi connectivity index (χ1) is 18.0. The zero-order chi connectivity index (χ0) is 25.8. The van der Waals surface area contributed by atoms with Gasteiger partial charge in [0.2, 0.25) is 0 Å². The Morgan fingerprint density at radius 2 is 2.08 bits per heavy atom. The van der Waals surface area contributed by atoms with Crippen LogP contribution in [0, 0.1) is 12.8 Å². The number of thioether (sulfide) groups is 1. The summed E-state index contributed by atoms with van der Waals surface area (Å²) in [7, 11) is 0. The highest BCUT2D eigenvalue weighted by Gasteiger charge is 2.30. The van der Waals surface area contributed by atoms with Gasteiger partial charge >= 0.3 is 5.97 Å². The number of thiophene rings is 1. The summed E-state index contributed by atoms with van der Waals surface area (Å²) < 4.78 is 7.24. The van der Waals surface area contributed by atoms with Gasteiger partial charge in [0.1, 0.15) is 10.7 Å². The molecule has 3 aromatic heterocycles. The Bertz CT molecular complexity index is 1380. The Kier molecular flexibility index (Phi) is 8.02. The van der Waals surface area contributed by atoms with E-state index in [2.05, 4.69) is 44.9 Å². The topological polar surface area (TPSA) is 90.2 Å². The normalized spacial score (nSPS) is 15.6. The molecule has 0 saturated carbocycles. The van der Waals surface area contributed by atoms with Crippen LogP contribution in [0.2, 0.25) is 0 Å². The Balaban J connectivity index is 1.30. The molecule has 1 aliphatic heterocycles. The van der Waals surface area contributed by atoms with Gasteiger partial charge in [0.05, 0.1) is 28.8 Å². The smallest absolute Gasteiger partial charge is 0.310 e. The van der Waals surface area contributed by atoms with E-state index in [0.717, 1.165) is 45.0 Å². The monoisotopic (exact) mass is 553 g/mol. The number of nitrogens with zero attached hydrogens (tertiary/aromatic N) is 5. The number of benzene rings is 1. The van der Waals surface area contributed by atoms with Crippen LogP contribution < -0.4 is 0 Å². The van der Waals surface area contributed by atoms with E-state index in [1.165, 1.54) is 11.3 Å². The highest BCUT2D eigenvalue weighted by atomic mass is 32.2. The number of ether oxygens (including phenoxy) is 1. The number of esters is 1. The van der Waals surface area contributed by atoms with Gasteiger partial charge in [-0.05, 0) is 55.8 Å². The third kappa shape index (κ3) is 5.78. The molecule has 1 saturated heterocycles. The van der Waals surface area contributed by atoms with Crippen molar-refractivity contribution in [3.63, 3.8) is 0 Å². The molecule has 1 aliphatic rings. The molecular weight excluding hydrogens is 527 g/mol. The molecule has 5 rings (SSSR count). The molecule has 192 valence electrons. The van der Waals surface area contributed by atoms with Gasteiger partial charge in [-0.25, -0.2) is 4.98 Å².